The molecule has 0 bridgehead atoms. The van der Waals surface area contributed by atoms with Crippen LogP contribution in [0, 0.1) is 11.7 Å². The second-order valence-corrected chi connectivity index (χ2v) is 9.27. The molecule has 0 amide bonds. The molecule has 1 rings (SSSR count). The highest BCUT2D eigenvalue weighted by atomic mass is 35.7. The molecule has 9 heteroatoms. The first-order chi connectivity index (χ1) is 9.54. The molecule has 1 aromatic rings. The topological polar surface area (TPSA) is 80.3 Å². The van der Waals surface area contributed by atoms with Crippen LogP contribution in [0.1, 0.15) is 26.7 Å². The number of rotatable bonds is 7. The summed E-state index contributed by atoms with van der Waals surface area (Å²) in [5.74, 6) is -0.715. The summed E-state index contributed by atoms with van der Waals surface area (Å²) in [6.07, 6.45) is 1.47. The largest absolute Gasteiger partial charge is 0.261 e. The zero-order valence-electron chi connectivity index (χ0n) is 11.6. The van der Waals surface area contributed by atoms with Crippen molar-refractivity contribution in [1.82, 2.24) is 4.72 Å². The van der Waals surface area contributed by atoms with Crippen LogP contribution in [0.2, 0.25) is 0 Å². The summed E-state index contributed by atoms with van der Waals surface area (Å²) in [7, 11) is -3.05. The van der Waals surface area contributed by atoms with Crippen LogP contribution < -0.4 is 4.72 Å². The van der Waals surface area contributed by atoms with Crippen LogP contribution >= 0.6 is 10.7 Å². The van der Waals surface area contributed by atoms with Gasteiger partial charge in [-0.25, -0.2) is 25.9 Å². The van der Waals surface area contributed by atoms with E-state index in [1.807, 2.05) is 13.8 Å². The molecule has 0 radical (unpaired) electrons. The number of nitrogens with one attached hydrogen (secondary N) is 1. The van der Waals surface area contributed by atoms with Gasteiger partial charge < -0.3 is 0 Å². The third-order valence-corrected chi connectivity index (χ3v) is 5.57. The molecular weight excluding hydrogens is 341 g/mol. The maximum atomic E-state index is 13.8. The van der Waals surface area contributed by atoms with Gasteiger partial charge in [0.05, 0.1) is 4.90 Å². The molecule has 0 saturated carbocycles. The van der Waals surface area contributed by atoms with Gasteiger partial charge in [0, 0.05) is 17.2 Å². The molecule has 120 valence electrons. The van der Waals surface area contributed by atoms with E-state index >= 15 is 0 Å². The summed E-state index contributed by atoms with van der Waals surface area (Å²) in [4.78, 5) is -1.09. The summed E-state index contributed by atoms with van der Waals surface area (Å²) < 4.78 is 62.0. The standard InChI is InChI=1S/C12H17ClFNO4S2/c1-9(2)4-3-7-15-21(18,19)12-6-5-10(8-11(12)14)20(13,16)17/h5-6,8-9,15H,3-4,7H2,1-2H3. The second-order valence-electron chi connectivity index (χ2n) is 4.96. The summed E-state index contributed by atoms with van der Waals surface area (Å²) in [6, 6.07) is 2.43. The zero-order valence-corrected chi connectivity index (χ0v) is 14.0. The van der Waals surface area contributed by atoms with Gasteiger partial charge in [-0.3, -0.25) is 0 Å². The second kappa shape index (κ2) is 7.04. The van der Waals surface area contributed by atoms with E-state index in [4.69, 9.17) is 10.7 Å². The van der Waals surface area contributed by atoms with Gasteiger partial charge in [-0.15, -0.1) is 0 Å². The number of sulfonamides is 1. The fourth-order valence-corrected chi connectivity index (χ4v) is 3.54. The van der Waals surface area contributed by atoms with Crippen LogP contribution in [0.3, 0.4) is 0 Å². The molecule has 0 heterocycles. The molecule has 0 aliphatic rings. The predicted molar refractivity (Wildman–Crippen MR) is 78.7 cm³/mol. The minimum absolute atomic E-state index is 0.190. The van der Waals surface area contributed by atoms with Gasteiger partial charge in [-0.05, 0) is 37.0 Å². The molecule has 21 heavy (non-hydrogen) atoms. The van der Waals surface area contributed by atoms with E-state index in [2.05, 4.69) is 4.72 Å². The Hall–Kier alpha value is -0.700. The highest BCUT2D eigenvalue weighted by Crippen LogP contribution is 2.21. The van der Waals surface area contributed by atoms with Crippen molar-refractivity contribution in [2.24, 2.45) is 5.92 Å². The van der Waals surface area contributed by atoms with Crippen LogP contribution in [0.15, 0.2) is 28.0 Å². The zero-order chi connectivity index (χ0) is 16.3. The third-order valence-electron chi connectivity index (χ3n) is 2.72. The van der Waals surface area contributed by atoms with E-state index in [9.17, 15) is 21.2 Å². The van der Waals surface area contributed by atoms with Crippen LogP contribution in [-0.2, 0) is 19.1 Å². The summed E-state index contributed by atoms with van der Waals surface area (Å²) in [5.41, 5.74) is 0. The van der Waals surface area contributed by atoms with Crippen LogP contribution in [0.4, 0.5) is 4.39 Å². The fourth-order valence-electron chi connectivity index (χ4n) is 1.65. The smallest absolute Gasteiger partial charge is 0.211 e. The Balaban J connectivity index is 2.89. The first-order valence-electron chi connectivity index (χ1n) is 6.28. The van der Waals surface area contributed by atoms with E-state index in [0.29, 0.717) is 18.4 Å². The van der Waals surface area contributed by atoms with Crippen molar-refractivity contribution in [3.05, 3.63) is 24.0 Å². The van der Waals surface area contributed by atoms with E-state index in [1.165, 1.54) is 0 Å². The quantitative estimate of drug-likeness (QED) is 0.600. The van der Waals surface area contributed by atoms with E-state index in [1.54, 1.807) is 0 Å². The lowest BCUT2D eigenvalue weighted by molar-refractivity contribution is 0.532. The van der Waals surface area contributed by atoms with Gasteiger partial charge in [-0.1, -0.05) is 13.8 Å². The Bertz CT molecular complexity index is 702. The molecule has 5 nitrogen and oxygen atoms in total. The number of hydrogen-bond donors (Lipinski definition) is 1. The van der Waals surface area contributed by atoms with Gasteiger partial charge in [-0.2, -0.15) is 0 Å². The molecular formula is C12H17ClFNO4S2. The van der Waals surface area contributed by atoms with Gasteiger partial charge in [0.2, 0.25) is 10.0 Å². The van der Waals surface area contributed by atoms with Gasteiger partial charge in [0.25, 0.3) is 9.05 Å². The Labute approximate surface area is 129 Å². The first kappa shape index (κ1) is 18.3. The molecule has 0 unspecified atom stereocenters. The van der Waals surface area contributed by atoms with Crippen molar-refractivity contribution in [3.63, 3.8) is 0 Å². The Morgan fingerprint density at radius 1 is 1.24 bits per heavy atom. The van der Waals surface area contributed by atoms with Crippen molar-refractivity contribution >= 4 is 29.8 Å². The van der Waals surface area contributed by atoms with Gasteiger partial charge in [0.15, 0.2) is 0 Å². The lowest BCUT2D eigenvalue weighted by Crippen LogP contribution is -2.26. The van der Waals surface area contributed by atoms with Crippen LogP contribution in [0.5, 0.6) is 0 Å². The number of benzene rings is 1. The highest BCUT2D eigenvalue weighted by Gasteiger charge is 2.21. The van der Waals surface area contributed by atoms with Crippen molar-refractivity contribution in [3.8, 4) is 0 Å². The normalized spacial score (nSPS) is 12.8. The molecule has 0 atom stereocenters. The van der Waals surface area contributed by atoms with Crippen molar-refractivity contribution in [2.45, 2.75) is 36.5 Å². The Kier molecular flexibility index (Phi) is 6.15. The van der Waals surface area contributed by atoms with Gasteiger partial charge in [0.1, 0.15) is 10.7 Å². The molecule has 1 N–H and O–H groups in total. The molecule has 0 spiro atoms. The fraction of sp³-hybridized carbons (Fsp3) is 0.500. The maximum absolute atomic E-state index is 13.8. The minimum Gasteiger partial charge on any atom is -0.211 e. The molecule has 0 fully saturated rings. The lowest BCUT2D eigenvalue weighted by atomic mass is 10.1. The monoisotopic (exact) mass is 357 g/mol. The highest BCUT2D eigenvalue weighted by molar-refractivity contribution is 8.13. The third kappa shape index (κ3) is 5.54. The molecule has 0 aliphatic heterocycles. The lowest BCUT2D eigenvalue weighted by Gasteiger charge is -2.09. The number of hydrogen-bond acceptors (Lipinski definition) is 4. The maximum Gasteiger partial charge on any atom is 0.261 e. The summed E-state index contributed by atoms with van der Waals surface area (Å²) >= 11 is 0. The Morgan fingerprint density at radius 3 is 2.33 bits per heavy atom. The number of halogens is 2. The molecule has 0 aromatic heterocycles. The van der Waals surface area contributed by atoms with Crippen molar-refractivity contribution in [1.29, 1.82) is 0 Å². The Morgan fingerprint density at radius 2 is 1.86 bits per heavy atom. The van der Waals surface area contributed by atoms with Crippen LogP contribution in [0.25, 0.3) is 0 Å². The average Bonchev–Trinajstić information content (AvgIpc) is 2.33. The predicted octanol–water partition coefficient (Wildman–Crippen LogP) is 2.47. The van der Waals surface area contributed by atoms with E-state index in [0.717, 1.165) is 18.6 Å². The van der Waals surface area contributed by atoms with E-state index < -0.39 is 34.7 Å². The average molecular weight is 358 g/mol. The molecule has 0 aliphatic carbocycles. The summed E-state index contributed by atoms with van der Waals surface area (Å²) in [5, 5.41) is 0. The minimum atomic E-state index is -4.10. The first-order valence-corrected chi connectivity index (χ1v) is 10.1. The van der Waals surface area contributed by atoms with Gasteiger partial charge >= 0.3 is 0 Å². The van der Waals surface area contributed by atoms with Crippen molar-refractivity contribution < 1.29 is 21.2 Å². The summed E-state index contributed by atoms with van der Waals surface area (Å²) in [6.45, 7) is 4.22. The SMILES string of the molecule is CC(C)CCCNS(=O)(=O)c1ccc(S(=O)(=O)Cl)cc1F. The van der Waals surface area contributed by atoms with E-state index in [-0.39, 0.29) is 6.54 Å². The van der Waals surface area contributed by atoms with Crippen LogP contribution in [-0.4, -0.2) is 23.4 Å². The molecule has 1 aromatic carbocycles. The molecule has 0 saturated heterocycles. The van der Waals surface area contributed by atoms with Crippen molar-refractivity contribution in [2.75, 3.05) is 6.54 Å².